The maximum absolute atomic E-state index is 6.18. The Morgan fingerprint density at radius 3 is 2.37 bits per heavy atom. The smallest absolute Gasteiger partial charge is 0.130 e. The van der Waals surface area contributed by atoms with Gasteiger partial charge in [-0.15, -0.1) is 0 Å². The minimum absolute atomic E-state index is 0.600. The molecule has 152 valence electrons. The number of hydrogen-bond donors (Lipinski definition) is 3. The molecule has 0 bridgehead atoms. The van der Waals surface area contributed by atoms with Crippen LogP contribution in [0.1, 0.15) is 17.0 Å². The summed E-state index contributed by atoms with van der Waals surface area (Å²) in [4.78, 5) is 11.7. The van der Waals surface area contributed by atoms with E-state index in [1.807, 2.05) is 73.8 Å². The van der Waals surface area contributed by atoms with Crippen molar-refractivity contribution in [1.29, 1.82) is 0 Å². The Hall–Kier alpha value is -3.86. The molecule has 4 rings (SSSR count). The highest BCUT2D eigenvalue weighted by atomic mass is 15.0. The van der Waals surface area contributed by atoms with E-state index in [2.05, 4.69) is 38.5 Å². The molecule has 0 spiro atoms. The van der Waals surface area contributed by atoms with Crippen LogP contribution in [0.2, 0.25) is 0 Å². The van der Waals surface area contributed by atoms with Gasteiger partial charge in [0.2, 0.25) is 0 Å². The summed E-state index contributed by atoms with van der Waals surface area (Å²) in [5.74, 6) is 0.760. The van der Waals surface area contributed by atoms with Gasteiger partial charge >= 0.3 is 0 Å². The number of nitrogens with one attached hydrogen (secondary N) is 2. The highest BCUT2D eigenvalue weighted by Crippen LogP contribution is 2.24. The number of hydrogen-bond acceptors (Lipinski definition) is 3. The number of anilines is 1. The van der Waals surface area contributed by atoms with Crippen LogP contribution < -0.4 is 11.1 Å². The van der Waals surface area contributed by atoms with Crippen molar-refractivity contribution in [2.24, 2.45) is 4.99 Å². The predicted molar refractivity (Wildman–Crippen MR) is 125 cm³/mol. The van der Waals surface area contributed by atoms with Gasteiger partial charge in [-0.25, -0.2) is 0 Å². The first-order valence-electron chi connectivity index (χ1n) is 9.83. The van der Waals surface area contributed by atoms with Crippen LogP contribution in [0.5, 0.6) is 0 Å². The van der Waals surface area contributed by atoms with Crippen LogP contribution in [0, 0.1) is 6.92 Å². The number of nitrogens with two attached hydrogens (primary N) is 1. The quantitative estimate of drug-likeness (QED) is 0.262. The molecule has 5 heteroatoms. The van der Waals surface area contributed by atoms with Crippen molar-refractivity contribution >= 4 is 11.5 Å². The lowest BCUT2D eigenvalue weighted by Crippen LogP contribution is -2.25. The maximum atomic E-state index is 6.18. The molecule has 0 saturated carbocycles. The number of H-pyrrole nitrogens is 1. The fourth-order valence-corrected chi connectivity index (χ4v) is 2.96. The minimum Gasteiger partial charge on any atom is -0.398 e. The Labute approximate surface area is 177 Å². The fourth-order valence-electron chi connectivity index (χ4n) is 2.96. The molecule has 5 nitrogen and oxygen atoms in total. The van der Waals surface area contributed by atoms with Gasteiger partial charge in [0.1, 0.15) is 5.84 Å². The van der Waals surface area contributed by atoms with Gasteiger partial charge in [-0.1, -0.05) is 42.5 Å². The van der Waals surface area contributed by atoms with Crippen LogP contribution in [0.25, 0.3) is 11.1 Å². The zero-order chi connectivity index (χ0) is 21.2. The van der Waals surface area contributed by atoms with Gasteiger partial charge in [0.15, 0.2) is 0 Å². The van der Waals surface area contributed by atoms with E-state index in [0.717, 1.165) is 28.2 Å². The van der Waals surface area contributed by atoms with Gasteiger partial charge in [-0.2, -0.15) is 0 Å². The minimum atomic E-state index is 0.600. The average Bonchev–Trinajstić information content (AvgIpc) is 3.28. The molecular formula is C25H27N5. The van der Waals surface area contributed by atoms with E-state index in [1.54, 1.807) is 13.2 Å². The average molecular weight is 398 g/mol. The number of aromatic amines is 1. The zero-order valence-electron chi connectivity index (χ0n) is 17.3. The SMILES string of the molecule is CN=C(NCc1ccccn1)c1cc(-c2ccccc2)ccc1N.Cc1ccc[nH]1. The van der Waals surface area contributed by atoms with Gasteiger partial charge in [0.25, 0.3) is 0 Å². The second-order valence-corrected chi connectivity index (χ2v) is 6.77. The highest BCUT2D eigenvalue weighted by Gasteiger charge is 2.09. The molecule has 0 amide bonds. The highest BCUT2D eigenvalue weighted by molar-refractivity contribution is 6.04. The van der Waals surface area contributed by atoms with Gasteiger partial charge in [0.05, 0.1) is 12.2 Å². The largest absolute Gasteiger partial charge is 0.398 e. The number of aromatic nitrogens is 2. The van der Waals surface area contributed by atoms with Crippen LogP contribution in [0.15, 0.2) is 96.2 Å². The number of benzene rings is 2. The number of nitrogens with zero attached hydrogens (tertiary/aromatic N) is 2. The van der Waals surface area contributed by atoms with Crippen molar-refractivity contribution in [3.05, 3.63) is 108 Å². The Morgan fingerprint density at radius 2 is 1.77 bits per heavy atom. The summed E-state index contributed by atoms with van der Waals surface area (Å²) in [7, 11) is 1.76. The Morgan fingerprint density at radius 1 is 0.967 bits per heavy atom. The summed E-state index contributed by atoms with van der Waals surface area (Å²) in [5.41, 5.74) is 12.2. The Bertz CT molecular complexity index is 1060. The van der Waals surface area contributed by atoms with Crippen molar-refractivity contribution < 1.29 is 0 Å². The molecule has 0 aliphatic rings. The number of nitrogen functional groups attached to an aromatic ring is 1. The third kappa shape index (κ3) is 5.82. The van der Waals surface area contributed by atoms with Crippen LogP contribution >= 0.6 is 0 Å². The Balaban J connectivity index is 0.000000367. The molecule has 4 N–H and O–H groups in total. The number of aliphatic imine (C=N–C) groups is 1. The molecule has 2 aromatic carbocycles. The van der Waals surface area contributed by atoms with Crippen molar-refractivity contribution in [3.8, 4) is 11.1 Å². The summed E-state index contributed by atoms with van der Waals surface area (Å²) in [5, 5.41) is 3.33. The summed E-state index contributed by atoms with van der Waals surface area (Å²) >= 11 is 0. The van der Waals surface area contributed by atoms with E-state index >= 15 is 0 Å². The summed E-state index contributed by atoms with van der Waals surface area (Å²) in [6.45, 7) is 2.63. The van der Waals surface area contributed by atoms with Crippen LogP contribution in [0.3, 0.4) is 0 Å². The lowest BCUT2D eigenvalue weighted by Gasteiger charge is -2.13. The second-order valence-electron chi connectivity index (χ2n) is 6.77. The summed E-state index contributed by atoms with van der Waals surface area (Å²) in [6, 6.07) is 26.1. The summed E-state index contributed by atoms with van der Waals surface area (Å²) < 4.78 is 0. The molecule has 0 fully saturated rings. The number of pyridine rings is 1. The van der Waals surface area contributed by atoms with Crippen molar-refractivity contribution in [2.75, 3.05) is 12.8 Å². The topological polar surface area (TPSA) is 79.1 Å². The first kappa shape index (κ1) is 20.9. The molecule has 2 aromatic heterocycles. The third-order valence-electron chi connectivity index (χ3n) is 4.56. The van der Waals surface area contributed by atoms with Crippen LogP contribution in [-0.2, 0) is 6.54 Å². The van der Waals surface area contributed by atoms with Gasteiger partial charge in [0, 0.05) is 36.4 Å². The van der Waals surface area contributed by atoms with Crippen molar-refractivity contribution in [2.45, 2.75) is 13.5 Å². The monoisotopic (exact) mass is 397 g/mol. The number of rotatable bonds is 4. The van der Waals surface area contributed by atoms with Gasteiger partial charge < -0.3 is 16.0 Å². The van der Waals surface area contributed by atoms with E-state index in [1.165, 1.54) is 5.69 Å². The molecule has 0 saturated heterocycles. The van der Waals surface area contributed by atoms with Crippen LogP contribution in [0.4, 0.5) is 5.69 Å². The van der Waals surface area contributed by atoms with E-state index in [4.69, 9.17) is 5.73 Å². The van der Waals surface area contributed by atoms with Gasteiger partial charge in [-0.3, -0.25) is 9.98 Å². The zero-order valence-corrected chi connectivity index (χ0v) is 17.3. The molecule has 2 heterocycles. The molecule has 30 heavy (non-hydrogen) atoms. The van der Waals surface area contributed by atoms with Crippen LogP contribution in [-0.4, -0.2) is 22.9 Å². The van der Waals surface area contributed by atoms with Crippen molar-refractivity contribution in [3.63, 3.8) is 0 Å². The van der Waals surface area contributed by atoms with E-state index < -0.39 is 0 Å². The molecule has 0 radical (unpaired) electrons. The lowest BCUT2D eigenvalue weighted by molar-refractivity contribution is 0.872. The molecule has 4 aromatic rings. The lowest BCUT2D eigenvalue weighted by atomic mass is 10.0. The number of amidine groups is 1. The van der Waals surface area contributed by atoms with Gasteiger partial charge in [-0.05, 0) is 54.4 Å². The molecule has 0 aliphatic heterocycles. The first-order chi connectivity index (χ1) is 14.7. The van der Waals surface area contributed by atoms with E-state index in [0.29, 0.717) is 12.2 Å². The Kier molecular flexibility index (Phi) is 7.39. The third-order valence-corrected chi connectivity index (χ3v) is 4.56. The molecular weight excluding hydrogens is 370 g/mol. The molecule has 0 aliphatic carbocycles. The second kappa shape index (κ2) is 10.6. The maximum Gasteiger partial charge on any atom is 0.130 e. The molecule has 0 unspecified atom stereocenters. The molecule has 0 atom stereocenters. The fraction of sp³-hybridized carbons (Fsp3) is 0.120. The standard InChI is InChI=1S/C20H20N4.C5H7N/c1-22-20(24-14-17-9-5-6-12-23-17)18-13-16(10-11-19(18)21)15-7-3-2-4-8-15;1-5-3-2-4-6-5/h2-13H,14,21H2,1H3,(H,22,24);2-4,6H,1H3. The first-order valence-corrected chi connectivity index (χ1v) is 9.83. The van der Waals surface area contributed by atoms with E-state index in [9.17, 15) is 0 Å². The van der Waals surface area contributed by atoms with Crippen molar-refractivity contribution in [1.82, 2.24) is 15.3 Å². The summed E-state index contributed by atoms with van der Waals surface area (Å²) in [6.07, 6.45) is 3.69. The number of aryl methyl sites for hydroxylation is 1. The normalized spacial score (nSPS) is 10.8. The predicted octanol–water partition coefficient (Wildman–Crippen LogP) is 4.82. The van der Waals surface area contributed by atoms with E-state index in [-0.39, 0.29) is 0 Å².